The molecule has 7 heteroatoms. The molecule has 1 aliphatic heterocycles. The second kappa shape index (κ2) is 9.44. The summed E-state index contributed by atoms with van der Waals surface area (Å²) in [6.07, 6.45) is 1.47. The minimum absolute atomic E-state index is 0.188. The van der Waals surface area contributed by atoms with E-state index in [-0.39, 0.29) is 16.3 Å². The maximum absolute atomic E-state index is 13.4. The molecular formula is C28H19ClN2O4. The van der Waals surface area contributed by atoms with Crippen LogP contribution in [-0.2, 0) is 16.2 Å². The average molecular weight is 483 g/mol. The Hall–Kier alpha value is -4.42. The molecule has 172 valence electrons. The number of ether oxygens (including phenoxy) is 1. The van der Waals surface area contributed by atoms with E-state index in [1.807, 2.05) is 60.7 Å². The van der Waals surface area contributed by atoms with Gasteiger partial charge in [-0.25, -0.2) is 9.69 Å². The van der Waals surface area contributed by atoms with E-state index < -0.39 is 17.8 Å². The molecule has 1 saturated heterocycles. The van der Waals surface area contributed by atoms with Gasteiger partial charge in [0.05, 0.1) is 10.7 Å². The van der Waals surface area contributed by atoms with Gasteiger partial charge in [-0.3, -0.25) is 14.9 Å². The molecule has 5 rings (SSSR count). The number of fused-ring (bicyclic) bond motifs is 1. The van der Waals surface area contributed by atoms with Gasteiger partial charge in [0.2, 0.25) is 0 Å². The van der Waals surface area contributed by atoms with Crippen molar-refractivity contribution in [3.05, 3.63) is 113 Å². The monoisotopic (exact) mass is 482 g/mol. The number of nitrogens with one attached hydrogen (secondary N) is 1. The van der Waals surface area contributed by atoms with Crippen LogP contribution < -0.4 is 15.0 Å². The standard InChI is InChI=1S/C28H19ClN2O4/c29-23-12-6-7-13-24(23)31-27(33)22(26(32)30-28(31)34)16-21-20-11-5-4-10-19(20)14-15-25(21)35-17-18-8-2-1-3-9-18/h1-16H,17H2,(H,30,32,34)/b22-16+. The molecule has 0 radical (unpaired) electrons. The number of carbonyl (C=O) groups excluding carboxylic acids is 3. The maximum atomic E-state index is 13.4. The van der Waals surface area contributed by atoms with Crippen molar-refractivity contribution in [2.75, 3.05) is 4.90 Å². The highest BCUT2D eigenvalue weighted by molar-refractivity contribution is 6.42. The number of benzene rings is 4. The number of hydrogen-bond acceptors (Lipinski definition) is 4. The van der Waals surface area contributed by atoms with Crippen molar-refractivity contribution >= 4 is 52.0 Å². The van der Waals surface area contributed by atoms with Gasteiger partial charge in [-0.1, -0.05) is 84.4 Å². The van der Waals surface area contributed by atoms with Gasteiger partial charge < -0.3 is 4.74 Å². The SMILES string of the molecule is O=C1NC(=O)N(c2ccccc2Cl)C(=O)/C1=C/c1c(OCc2ccccc2)ccc2ccccc12. The van der Waals surface area contributed by atoms with Crippen LogP contribution in [0.15, 0.2) is 96.6 Å². The summed E-state index contributed by atoms with van der Waals surface area (Å²) in [6.45, 7) is 0.305. The van der Waals surface area contributed by atoms with Crippen LogP contribution in [0.2, 0.25) is 5.02 Å². The Morgan fingerprint density at radius 2 is 1.54 bits per heavy atom. The normalized spacial score (nSPS) is 14.9. The summed E-state index contributed by atoms with van der Waals surface area (Å²) in [5.41, 5.74) is 1.52. The zero-order chi connectivity index (χ0) is 24.4. The minimum atomic E-state index is -0.858. The largest absolute Gasteiger partial charge is 0.488 e. The Labute approximate surface area is 206 Å². The number of urea groups is 1. The fraction of sp³-hybridized carbons (Fsp3) is 0.0357. The van der Waals surface area contributed by atoms with Crippen LogP contribution in [0.25, 0.3) is 16.8 Å². The van der Waals surface area contributed by atoms with Crippen molar-refractivity contribution in [2.45, 2.75) is 6.61 Å². The van der Waals surface area contributed by atoms with Gasteiger partial charge in [0.15, 0.2) is 0 Å². The number of rotatable bonds is 5. The highest BCUT2D eigenvalue weighted by Gasteiger charge is 2.38. The second-order valence-corrected chi connectivity index (χ2v) is 8.29. The molecular weight excluding hydrogens is 464 g/mol. The Morgan fingerprint density at radius 1 is 0.829 bits per heavy atom. The van der Waals surface area contributed by atoms with Gasteiger partial charge in [0.25, 0.3) is 11.8 Å². The molecule has 0 bridgehead atoms. The third-order valence-corrected chi connectivity index (χ3v) is 5.97. The fourth-order valence-corrected chi connectivity index (χ4v) is 4.16. The van der Waals surface area contributed by atoms with E-state index in [9.17, 15) is 14.4 Å². The highest BCUT2D eigenvalue weighted by atomic mass is 35.5. The smallest absolute Gasteiger partial charge is 0.335 e. The van der Waals surface area contributed by atoms with E-state index in [1.165, 1.54) is 6.08 Å². The summed E-state index contributed by atoms with van der Waals surface area (Å²) < 4.78 is 6.11. The Bertz CT molecular complexity index is 1500. The first kappa shape index (κ1) is 22.4. The summed E-state index contributed by atoms with van der Waals surface area (Å²) in [5, 5.41) is 4.16. The van der Waals surface area contributed by atoms with Crippen LogP contribution in [0.4, 0.5) is 10.5 Å². The molecule has 0 spiro atoms. The first-order valence-electron chi connectivity index (χ1n) is 10.9. The lowest BCUT2D eigenvalue weighted by Gasteiger charge is -2.27. The number of hydrogen-bond donors (Lipinski definition) is 1. The molecule has 4 aromatic rings. The molecule has 0 atom stereocenters. The van der Waals surface area contributed by atoms with Crippen molar-refractivity contribution in [1.82, 2.24) is 5.32 Å². The molecule has 4 aromatic carbocycles. The zero-order valence-corrected chi connectivity index (χ0v) is 19.2. The number of carbonyl (C=O) groups is 3. The lowest BCUT2D eigenvalue weighted by molar-refractivity contribution is -0.122. The number of halogens is 1. The molecule has 0 unspecified atom stereocenters. The van der Waals surface area contributed by atoms with E-state index in [2.05, 4.69) is 5.32 Å². The third-order valence-electron chi connectivity index (χ3n) is 5.65. The van der Waals surface area contributed by atoms with Crippen LogP contribution in [0.1, 0.15) is 11.1 Å². The van der Waals surface area contributed by atoms with E-state index in [0.717, 1.165) is 21.2 Å². The summed E-state index contributed by atoms with van der Waals surface area (Å²) >= 11 is 6.24. The van der Waals surface area contributed by atoms with Gasteiger partial charge in [-0.05, 0) is 40.6 Å². The maximum Gasteiger partial charge on any atom is 0.335 e. The van der Waals surface area contributed by atoms with Crippen molar-refractivity contribution < 1.29 is 19.1 Å². The Morgan fingerprint density at radius 3 is 2.34 bits per heavy atom. The average Bonchev–Trinajstić information content (AvgIpc) is 2.87. The van der Waals surface area contributed by atoms with Crippen molar-refractivity contribution in [2.24, 2.45) is 0 Å². The molecule has 6 nitrogen and oxygen atoms in total. The van der Waals surface area contributed by atoms with E-state index in [0.29, 0.717) is 17.9 Å². The number of para-hydroxylation sites is 1. The number of amides is 4. The quantitative estimate of drug-likeness (QED) is 0.291. The first-order chi connectivity index (χ1) is 17.0. The van der Waals surface area contributed by atoms with Crippen molar-refractivity contribution in [3.63, 3.8) is 0 Å². The molecule has 0 aliphatic carbocycles. The van der Waals surface area contributed by atoms with Crippen LogP contribution in [0.3, 0.4) is 0 Å². The summed E-state index contributed by atoms with van der Waals surface area (Å²) in [6, 6.07) is 26.6. The molecule has 1 fully saturated rings. The third kappa shape index (κ3) is 4.39. The number of imide groups is 2. The van der Waals surface area contributed by atoms with Gasteiger partial charge in [0.1, 0.15) is 17.9 Å². The number of anilines is 1. The van der Waals surface area contributed by atoms with Gasteiger partial charge >= 0.3 is 6.03 Å². The number of nitrogens with zero attached hydrogens (tertiary/aromatic N) is 1. The highest BCUT2D eigenvalue weighted by Crippen LogP contribution is 2.33. The second-order valence-electron chi connectivity index (χ2n) is 7.88. The summed E-state index contributed by atoms with van der Waals surface area (Å²) in [4.78, 5) is 39.6. The van der Waals surface area contributed by atoms with Crippen LogP contribution in [0, 0.1) is 0 Å². The zero-order valence-electron chi connectivity index (χ0n) is 18.4. The van der Waals surface area contributed by atoms with Crippen molar-refractivity contribution in [3.8, 4) is 5.75 Å². The molecule has 4 amide bonds. The molecule has 0 aromatic heterocycles. The summed E-state index contributed by atoms with van der Waals surface area (Å²) in [7, 11) is 0. The predicted molar refractivity (Wildman–Crippen MR) is 135 cm³/mol. The minimum Gasteiger partial charge on any atom is -0.488 e. The molecule has 35 heavy (non-hydrogen) atoms. The Kier molecular flexibility index (Phi) is 6.04. The molecule has 1 N–H and O–H groups in total. The van der Waals surface area contributed by atoms with E-state index in [1.54, 1.807) is 30.3 Å². The predicted octanol–water partition coefficient (Wildman–Crippen LogP) is 5.74. The van der Waals surface area contributed by atoms with Gasteiger partial charge in [0, 0.05) is 5.56 Å². The fourth-order valence-electron chi connectivity index (χ4n) is 3.94. The summed E-state index contributed by atoms with van der Waals surface area (Å²) in [5.74, 6) is -1.05. The lowest BCUT2D eigenvalue weighted by Crippen LogP contribution is -2.54. The first-order valence-corrected chi connectivity index (χ1v) is 11.2. The lowest BCUT2D eigenvalue weighted by atomic mass is 9.99. The molecule has 1 heterocycles. The molecule has 0 saturated carbocycles. The van der Waals surface area contributed by atoms with Gasteiger partial charge in [-0.2, -0.15) is 0 Å². The number of barbiturate groups is 1. The topological polar surface area (TPSA) is 75.7 Å². The molecule has 1 aliphatic rings. The van der Waals surface area contributed by atoms with Crippen LogP contribution >= 0.6 is 11.6 Å². The van der Waals surface area contributed by atoms with Crippen LogP contribution in [0.5, 0.6) is 5.75 Å². The Balaban J connectivity index is 1.60. The van der Waals surface area contributed by atoms with E-state index in [4.69, 9.17) is 16.3 Å². The van der Waals surface area contributed by atoms with Crippen molar-refractivity contribution in [1.29, 1.82) is 0 Å². The van der Waals surface area contributed by atoms with Crippen LogP contribution in [-0.4, -0.2) is 17.8 Å². The van der Waals surface area contributed by atoms with Gasteiger partial charge in [-0.15, -0.1) is 0 Å². The van der Waals surface area contributed by atoms with E-state index >= 15 is 0 Å².